The van der Waals surface area contributed by atoms with Crippen LogP contribution >= 0.6 is 0 Å². The molecule has 67 heavy (non-hydrogen) atoms. The Morgan fingerprint density at radius 3 is 0.761 bits per heavy atom. The minimum atomic E-state index is -0.769. The van der Waals surface area contributed by atoms with Crippen LogP contribution in [0.1, 0.15) is 342 Å². The highest BCUT2D eigenvalue weighted by Crippen LogP contribution is 2.18. The third-order valence-corrected chi connectivity index (χ3v) is 13.8. The van der Waals surface area contributed by atoms with Crippen molar-refractivity contribution in [2.75, 3.05) is 13.2 Å². The lowest BCUT2D eigenvalue weighted by Crippen LogP contribution is -2.30. The molecule has 0 N–H and O–H groups in total. The molecule has 0 aliphatic heterocycles. The minimum absolute atomic E-state index is 0.0672. The number of hydrogen-bond acceptors (Lipinski definition) is 6. The fourth-order valence-corrected chi connectivity index (χ4v) is 9.21. The topological polar surface area (TPSA) is 78.9 Å². The van der Waals surface area contributed by atoms with Crippen molar-refractivity contribution >= 4 is 17.9 Å². The van der Waals surface area contributed by atoms with Gasteiger partial charge in [-0.15, -0.1) is 0 Å². The van der Waals surface area contributed by atoms with Gasteiger partial charge in [0.05, 0.1) is 0 Å². The smallest absolute Gasteiger partial charge is 0.306 e. The van der Waals surface area contributed by atoms with Crippen molar-refractivity contribution in [3.8, 4) is 0 Å². The summed E-state index contributed by atoms with van der Waals surface area (Å²) < 4.78 is 16.9. The third-order valence-electron chi connectivity index (χ3n) is 13.8. The standard InChI is InChI=1S/C61H116O6/c1-4-7-10-13-16-19-22-25-27-29-30-32-34-37-39-42-45-48-51-54-60(63)66-57-58(67-61(64)55-52-49-46-43-40-35-24-21-18-15-12-9-6-3)56-65-59(62)53-50-47-44-41-38-36-33-31-28-26-23-20-17-14-11-8-5-2/h21,24,58H,4-20,22-23,25-57H2,1-3H3/b24-21-. The van der Waals surface area contributed by atoms with E-state index in [0.29, 0.717) is 19.3 Å². The summed E-state index contributed by atoms with van der Waals surface area (Å²) in [6.07, 6.45) is 64.9. The molecule has 0 saturated carbocycles. The van der Waals surface area contributed by atoms with Gasteiger partial charge in [0.2, 0.25) is 0 Å². The van der Waals surface area contributed by atoms with E-state index in [4.69, 9.17) is 14.2 Å². The zero-order valence-corrected chi connectivity index (χ0v) is 45.5. The van der Waals surface area contributed by atoms with Gasteiger partial charge in [0.25, 0.3) is 0 Å². The van der Waals surface area contributed by atoms with E-state index in [9.17, 15) is 14.4 Å². The second-order valence-corrected chi connectivity index (χ2v) is 20.6. The maximum absolute atomic E-state index is 12.8. The predicted octanol–water partition coefficient (Wildman–Crippen LogP) is 20.1. The summed E-state index contributed by atoms with van der Waals surface area (Å²) in [5, 5.41) is 0. The Hall–Kier alpha value is -1.85. The predicted molar refractivity (Wildman–Crippen MR) is 289 cm³/mol. The van der Waals surface area contributed by atoms with Crippen molar-refractivity contribution in [2.45, 2.75) is 348 Å². The maximum atomic E-state index is 12.8. The van der Waals surface area contributed by atoms with Gasteiger partial charge in [-0.1, -0.05) is 290 Å². The number of allylic oxidation sites excluding steroid dienone is 2. The molecule has 0 aromatic heterocycles. The molecule has 0 spiro atoms. The van der Waals surface area contributed by atoms with Crippen LogP contribution in [0.5, 0.6) is 0 Å². The first-order valence-corrected chi connectivity index (χ1v) is 30.2. The first-order valence-electron chi connectivity index (χ1n) is 30.2. The highest BCUT2D eigenvalue weighted by Gasteiger charge is 2.19. The Labute approximate surface area is 418 Å². The molecule has 0 heterocycles. The van der Waals surface area contributed by atoms with E-state index in [1.165, 1.54) is 238 Å². The van der Waals surface area contributed by atoms with Gasteiger partial charge >= 0.3 is 17.9 Å². The van der Waals surface area contributed by atoms with Crippen molar-refractivity contribution in [3.05, 3.63) is 12.2 Å². The molecule has 0 aromatic rings. The molecule has 6 heteroatoms. The molecule has 0 aliphatic carbocycles. The molecular weight excluding hydrogens is 829 g/mol. The molecule has 1 unspecified atom stereocenters. The number of ether oxygens (including phenoxy) is 3. The summed E-state index contributed by atoms with van der Waals surface area (Å²) in [6.45, 7) is 6.69. The van der Waals surface area contributed by atoms with E-state index in [0.717, 1.165) is 64.2 Å². The second kappa shape index (κ2) is 56.7. The highest BCUT2D eigenvalue weighted by atomic mass is 16.6. The number of rotatable bonds is 56. The number of carbonyl (C=O) groups is 3. The molecule has 396 valence electrons. The summed E-state index contributed by atoms with van der Waals surface area (Å²) >= 11 is 0. The van der Waals surface area contributed by atoms with Crippen LogP contribution in [-0.4, -0.2) is 37.2 Å². The van der Waals surface area contributed by atoms with Crippen molar-refractivity contribution in [1.29, 1.82) is 0 Å². The van der Waals surface area contributed by atoms with Gasteiger partial charge in [-0.3, -0.25) is 14.4 Å². The lowest BCUT2D eigenvalue weighted by Gasteiger charge is -2.18. The molecule has 0 bridgehead atoms. The van der Waals surface area contributed by atoms with Crippen LogP contribution in [0.3, 0.4) is 0 Å². The van der Waals surface area contributed by atoms with Crippen LogP contribution in [0, 0.1) is 0 Å². The average Bonchev–Trinajstić information content (AvgIpc) is 3.33. The number of hydrogen-bond donors (Lipinski definition) is 0. The second-order valence-electron chi connectivity index (χ2n) is 20.6. The largest absolute Gasteiger partial charge is 0.462 e. The zero-order chi connectivity index (χ0) is 48.6. The molecular formula is C61H116O6. The number of unbranched alkanes of at least 4 members (excludes halogenated alkanes) is 43. The highest BCUT2D eigenvalue weighted by molar-refractivity contribution is 5.71. The molecule has 0 fully saturated rings. The summed E-state index contributed by atoms with van der Waals surface area (Å²) in [5.74, 6) is -0.849. The zero-order valence-electron chi connectivity index (χ0n) is 45.5. The normalized spacial score (nSPS) is 12.0. The van der Waals surface area contributed by atoms with Gasteiger partial charge in [0.1, 0.15) is 13.2 Å². The van der Waals surface area contributed by atoms with E-state index >= 15 is 0 Å². The van der Waals surface area contributed by atoms with Crippen LogP contribution in [0.4, 0.5) is 0 Å². The molecule has 0 radical (unpaired) electrons. The maximum Gasteiger partial charge on any atom is 0.306 e. The summed E-state index contributed by atoms with van der Waals surface area (Å²) in [5.41, 5.74) is 0. The Bertz CT molecular complexity index is 1040. The van der Waals surface area contributed by atoms with Crippen LogP contribution in [0.2, 0.25) is 0 Å². The van der Waals surface area contributed by atoms with E-state index in [1.807, 2.05) is 0 Å². The molecule has 0 rings (SSSR count). The lowest BCUT2D eigenvalue weighted by atomic mass is 10.0. The molecule has 0 saturated heterocycles. The quantitative estimate of drug-likeness (QED) is 0.0262. The molecule has 0 amide bonds. The van der Waals surface area contributed by atoms with Crippen LogP contribution in [0.25, 0.3) is 0 Å². The van der Waals surface area contributed by atoms with Gasteiger partial charge in [-0.25, -0.2) is 0 Å². The van der Waals surface area contributed by atoms with E-state index in [1.54, 1.807) is 0 Å². The monoisotopic (exact) mass is 945 g/mol. The van der Waals surface area contributed by atoms with Crippen molar-refractivity contribution in [3.63, 3.8) is 0 Å². The van der Waals surface area contributed by atoms with Gasteiger partial charge in [0.15, 0.2) is 6.10 Å². The molecule has 1 atom stereocenters. The molecule has 0 aliphatic rings. The van der Waals surface area contributed by atoms with Crippen molar-refractivity contribution in [2.24, 2.45) is 0 Å². The van der Waals surface area contributed by atoms with Crippen molar-refractivity contribution < 1.29 is 28.6 Å². The first kappa shape index (κ1) is 65.1. The fourth-order valence-electron chi connectivity index (χ4n) is 9.21. The Morgan fingerprint density at radius 2 is 0.493 bits per heavy atom. The average molecular weight is 946 g/mol. The third kappa shape index (κ3) is 55.0. The van der Waals surface area contributed by atoms with Gasteiger partial charge in [0, 0.05) is 19.3 Å². The molecule has 0 aromatic carbocycles. The van der Waals surface area contributed by atoms with Crippen LogP contribution in [-0.2, 0) is 28.6 Å². The van der Waals surface area contributed by atoms with Gasteiger partial charge in [-0.05, 0) is 44.9 Å². The van der Waals surface area contributed by atoms with E-state index < -0.39 is 6.10 Å². The minimum Gasteiger partial charge on any atom is -0.462 e. The Morgan fingerprint density at radius 1 is 0.284 bits per heavy atom. The Kier molecular flexibility index (Phi) is 55.2. The van der Waals surface area contributed by atoms with Crippen LogP contribution in [0.15, 0.2) is 12.2 Å². The summed E-state index contributed by atoms with van der Waals surface area (Å²) in [7, 11) is 0. The van der Waals surface area contributed by atoms with Crippen LogP contribution < -0.4 is 0 Å². The lowest BCUT2D eigenvalue weighted by molar-refractivity contribution is -0.167. The number of esters is 3. The SMILES string of the molecule is CCCCCC/C=C\CCCCCCCC(=O)OC(COC(=O)CCCCCCCCCCCCCCCCCCC)COC(=O)CCCCCCCCCCCCCCCCCCCCC. The Balaban J connectivity index is 4.27. The summed E-state index contributed by atoms with van der Waals surface area (Å²) in [6, 6.07) is 0. The van der Waals surface area contributed by atoms with Gasteiger partial charge < -0.3 is 14.2 Å². The fraction of sp³-hybridized carbons (Fsp3) is 0.918. The van der Waals surface area contributed by atoms with Crippen molar-refractivity contribution in [1.82, 2.24) is 0 Å². The van der Waals surface area contributed by atoms with E-state index in [-0.39, 0.29) is 31.1 Å². The van der Waals surface area contributed by atoms with E-state index in [2.05, 4.69) is 32.9 Å². The first-order chi connectivity index (χ1) is 33.0. The number of carbonyl (C=O) groups excluding carboxylic acids is 3. The summed E-state index contributed by atoms with van der Waals surface area (Å²) in [4.78, 5) is 38.2. The molecule has 6 nitrogen and oxygen atoms in total. The van der Waals surface area contributed by atoms with Gasteiger partial charge in [-0.2, -0.15) is 0 Å².